The molecule has 0 fully saturated rings. The molecule has 0 aromatic carbocycles. The molecule has 0 aliphatic heterocycles. The largest absolute Gasteiger partial charge is 0.308 e. The van der Waals surface area contributed by atoms with Crippen LogP contribution in [0.5, 0.6) is 0 Å². The monoisotopic (exact) mass is 112 g/mol. The zero-order chi connectivity index (χ0) is 5.21. The lowest BCUT2D eigenvalue weighted by atomic mass is 11.8. The van der Waals surface area contributed by atoms with E-state index in [1.807, 2.05) is 0 Å². The standard InChI is InChI=1S/C2H8O3S/c1-5-6(2,3)4/h3-4H,1-2H3. The van der Waals surface area contributed by atoms with Crippen LogP contribution in [-0.2, 0) is 4.18 Å². The smallest absolute Gasteiger partial charge is 0.0802 e. The maximum atomic E-state index is 8.24. The van der Waals surface area contributed by atoms with Crippen molar-refractivity contribution in [3.05, 3.63) is 0 Å². The van der Waals surface area contributed by atoms with E-state index in [9.17, 15) is 0 Å². The molecule has 0 heterocycles. The third-order valence-corrected chi connectivity index (χ3v) is 0.947. The second-order valence-corrected chi connectivity index (χ2v) is 2.79. The molecule has 6 heavy (non-hydrogen) atoms. The molecule has 0 saturated heterocycles. The van der Waals surface area contributed by atoms with Gasteiger partial charge in [-0.3, -0.25) is 4.18 Å². The molecule has 0 atom stereocenters. The first-order valence-corrected chi connectivity index (χ1v) is 3.23. The van der Waals surface area contributed by atoms with Gasteiger partial charge in [-0.05, 0) is 0 Å². The topological polar surface area (TPSA) is 49.7 Å². The summed E-state index contributed by atoms with van der Waals surface area (Å²) in [5.41, 5.74) is 0. The fourth-order valence-corrected chi connectivity index (χ4v) is 0. The summed E-state index contributed by atoms with van der Waals surface area (Å²) >= 11 is 0. The van der Waals surface area contributed by atoms with Gasteiger partial charge in [-0.25, -0.2) is 0 Å². The maximum absolute atomic E-state index is 8.24. The number of hydrogen-bond donors (Lipinski definition) is 2. The van der Waals surface area contributed by atoms with Gasteiger partial charge in [0.2, 0.25) is 0 Å². The maximum Gasteiger partial charge on any atom is 0.0802 e. The number of hydrogen-bond acceptors (Lipinski definition) is 3. The average molecular weight is 112 g/mol. The van der Waals surface area contributed by atoms with Crippen LogP contribution in [0.15, 0.2) is 0 Å². The average Bonchev–Trinajstić information content (AvgIpc) is 1.35. The molecule has 0 aromatic heterocycles. The minimum Gasteiger partial charge on any atom is -0.308 e. The van der Waals surface area contributed by atoms with Crippen LogP contribution < -0.4 is 0 Å². The van der Waals surface area contributed by atoms with Crippen LogP contribution in [0, 0.1) is 0 Å². The van der Waals surface area contributed by atoms with E-state index < -0.39 is 10.9 Å². The second kappa shape index (κ2) is 1.79. The van der Waals surface area contributed by atoms with E-state index in [0.29, 0.717) is 0 Å². The highest BCUT2D eigenvalue weighted by molar-refractivity contribution is 8.19. The minimum atomic E-state index is -2.66. The Morgan fingerprint density at radius 3 is 1.67 bits per heavy atom. The zero-order valence-electron chi connectivity index (χ0n) is 3.71. The van der Waals surface area contributed by atoms with Crippen molar-refractivity contribution in [2.45, 2.75) is 0 Å². The highest BCUT2D eigenvalue weighted by Gasteiger charge is 2.01. The molecule has 0 rings (SSSR count). The third kappa shape index (κ3) is 4.23. The van der Waals surface area contributed by atoms with Crippen molar-refractivity contribution in [1.82, 2.24) is 0 Å². The quantitative estimate of drug-likeness (QED) is 0.530. The Balaban J connectivity index is 3.17. The van der Waals surface area contributed by atoms with Crippen molar-refractivity contribution in [2.75, 3.05) is 13.4 Å². The summed E-state index contributed by atoms with van der Waals surface area (Å²) in [5, 5.41) is 0. The van der Waals surface area contributed by atoms with E-state index in [1.165, 1.54) is 13.4 Å². The van der Waals surface area contributed by atoms with Crippen LogP contribution in [0.25, 0.3) is 0 Å². The molecule has 0 spiro atoms. The molecule has 0 amide bonds. The second-order valence-electron chi connectivity index (χ2n) is 0.929. The molecule has 0 bridgehead atoms. The van der Waals surface area contributed by atoms with Crippen molar-refractivity contribution in [3.8, 4) is 0 Å². The molecule has 40 valence electrons. The zero-order valence-corrected chi connectivity index (χ0v) is 4.53. The van der Waals surface area contributed by atoms with Gasteiger partial charge < -0.3 is 9.11 Å². The molecule has 3 nitrogen and oxygen atoms in total. The van der Waals surface area contributed by atoms with Crippen LogP contribution in [0.2, 0.25) is 0 Å². The van der Waals surface area contributed by atoms with Crippen LogP contribution in [0.4, 0.5) is 0 Å². The van der Waals surface area contributed by atoms with E-state index in [0.717, 1.165) is 0 Å². The Kier molecular flexibility index (Phi) is 1.86. The number of rotatable bonds is 1. The van der Waals surface area contributed by atoms with Crippen molar-refractivity contribution in [2.24, 2.45) is 0 Å². The Bertz CT molecular complexity index is 38.5. The Morgan fingerprint density at radius 1 is 1.50 bits per heavy atom. The summed E-state index contributed by atoms with van der Waals surface area (Å²) in [6.45, 7) is 0. The summed E-state index contributed by atoms with van der Waals surface area (Å²) in [4.78, 5) is 0. The summed E-state index contributed by atoms with van der Waals surface area (Å²) in [7, 11) is -1.42. The summed E-state index contributed by atoms with van der Waals surface area (Å²) in [5.74, 6) is 0. The Morgan fingerprint density at radius 2 is 1.67 bits per heavy atom. The fourth-order valence-electron chi connectivity index (χ4n) is 0. The van der Waals surface area contributed by atoms with Gasteiger partial charge in [-0.1, -0.05) is 0 Å². The molecule has 2 N–H and O–H groups in total. The molecule has 0 aliphatic rings. The molecule has 0 saturated carbocycles. The first kappa shape index (κ1) is 6.23. The van der Waals surface area contributed by atoms with E-state index >= 15 is 0 Å². The molecule has 0 aromatic rings. The predicted octanol–water partition coefficient (Wildman–Crippen LogP) is 0.928. The summed E-state index contributed by atoms with van der Waals surface area (Å²) in [6, 6.07) is 0. The van der Waals surface area contributed by atoms with Gasteiger partial charge in [0.15, 0.2) is 0 Å². The van der Waals surface area contributed by atoms with Gasteiger partial charge >= 0.3 is 0 Å². The lowest BCUT2D eigenvalue weighted by Crippen LogP contribution is -1.93. The molecular formula is C2H8O3S. The summed E-state index contributed by atoms with van der Waals surface area (Å²) < 4.78 is 20.6. The van der Waals surface area contributed by atoms with Crippen molar-refractivity contribution < 1.29 is 13.3 Å². The lowest BCUT2D eigenvalue weighted by molar-refractivity contribution is 0.325. The Hall–Kier alpha value is 0.230. The third-order valence-electron chi connectivity index (χ3n) is 0.316. The van der Waals surface area contributed by atoms with Gasteiger partial charge in [0.25, 0.3) is 0 Å². The first-order valence-electron chi connectivity index (χ1n) is 1.35. The van der Waals surface area contributed by atoms with E-state index in [1.54, 1.807) is 0 Å². The molecular weight excluding hydrogens is 104 g/mol. The van der Waals surface area contributed by atoms with Crippen LogP contribution in [-0.4, -0.2) is 22.5 Å². The summed E-state index contributed by atoms with van der Waals surface area (Å²) in [6.07, 6.45) is 1.22. The molecule has 0 radical (unpaired) electrons. The minimum absolute atomic E-state index is 1.22. The fraction of sp³-hybridized carbons (Fsp3) is 1.00. The molecule has 0 unspecified atom stereocenters. The van der Waals surface area contributed by atoms with Gasteiger partial charge in [-0.2, -0.15) is 0 Å². The molecule has 4 heteroatoms. The first-order chi connectivity index (χ1) is 2.56. The van der Waals surface area contributed by atoms with Crippen LogP contribution >= 0.6 is 10.9 Å². The SMILES string of the molecule is COS(C)(O)O. The highest BCUT2D eigenvalue weighted by Crippen LogP contribution is 2.32. The highest BCUT2D eigenvalue weighted by atomic mass is 32.3. The molecule has 0 aliphatic carbocycles. The van der Waals surface area contributed by atoms with Crippen molar-refractivity contribution in [3.63, 3.8) is 0 Å². The predicted molar refractivity (Wildman–Crippen MR) is 25.8 cm³/mol. The van der Waals surface area contributed by atoms with Gasteiger partial charge in [0.1, 0.15) is 0 Å². The van der Waals surface area contributed by atoms with Gasteiger partial charge in [0.05, 0.1) is 18.0 Å². The van der Waals surface area contributed by atoms with Gasteiger partial charge in [-0.15, -0.1) is 0 Å². The Labute approximate surface area is 38.5 Å². The lowest BCUT2D eigenvalue weighted by Gasteiger charge is -2.16. The van der Waals surface area contributed by atoms with Crippen LogP contribution in [0.3, 0.4) is 0 Å². The van der Waals surface area contributed by atoms with Crippen molar-refractivity contribution >= 4 is 10.9 Å². The van der Waals surface area contributed by atoms with E-state index in [4.69, 9.17) is 9.11 Å². The van der Waals surface area contributed by atoms with Gasteiger partial charge in [0, 0.05) is 6.26 Å². The van der Waals surface area contributed by atoms with E-state index in [-0.39, 0.29) is 0 Å². The van der Waals surface area contributed by atoms with E-state index in [2.05, 4.69) is 4.18 Å². The van der Waals surface area contributed by atoms with Crippen molar-refractivity contribution in [1.29, 1.82) is 0 Å². The normalized spacial score (nSPS) is 14.7. The van der Waals surface area contributed by atoms with Crippen LogP contribution in [0.1, 0.15) is 0 Å².